The summed E-state index contributed by atoms with van der Waals surface area (Å²) in [6.07, 6.45) is 0. The summed E-state index contributed by atoms with van der Waals surface area (Å²) in [5.74, 6) is 0.456. The Labute approximate surface area is 78.2 Å². The van der Waals surface area contributed by atoms with Gasteiger partial charge in [0.25, 0.3) is 4.80 Å². The van der Waals surface area contributed by atoms with E-state index in [4.69, 9.17) is 13.9 Å². The molecule has 0 N–H and O–H groups in total. The number of ether oxygens (including phenoxy) is 2. The van der Waals surface area contributed by atoms with Crippen molar-refractivity contribution in [3.8, 4) is 0 Å². The van der Waals surface area contributed by atoms with Gasteiger partial charge in [0.05, 0.1) is 13.2 Å². The Morgan fingerprint density at radius 3 is 2.83 bits per heavy atom. The molecule has 0 radical (unpaired) electrons. The van der Waals surface area contributed by atoms with Crippen LogP contribution in [0.2, 0.25) is 0 Å². The van der Waals surface area contributed by atoms with Gasteiger partial charge in [0.2, 0.25) is 5.89 Å². The molecule has 5 nitrogen and oxygen atoms in total. The molecule has 0 atom stereocenters. The Kier molecular flexibility index (Phi) is 4.20. The number of hydrogen-bond donors (Lipinski definition) is 0. The van der Waals surface area contributed by atoms with Crippen molar-refractivity contribution in [1.29, 1.82) is 0 Å². The van der Waals surface area contributed by atoms with Gasteiger partial charge in [-0.1, -0.05) is 0 Å². The lowest BCUT2D eigenvalue weighted by Gasteiger charge is -1.98. The number of aromatic nitrogens is 2. The molecule has 0 bridgehead atoms. The predicted molar refractivity (Wildman–Crippen MR) is 43.5 cm³/mol. The molecular weight excluding hydrogens is 228 g/mol. The van der Waals surface area contributed by atoms with Gasteiger partial charge in [-0.05, 0) is 0 Å². The van der Waals surface area contributed by atoms with Crippen LogP contribution in [0.4, 0.5) is 0 Å². The first-order valence-electron chi connectivity index (χ1n) is 3.37. The van der Waals surface area contributed by atoms with Gasteiger partial charge in [-0.25, -0.2) is 0 Å². The average molecular weight is 237 g/mol. The van der Waals surface area contributed by atoms with Gasteiger partial charge in [-0.15, -0.1) is 10.2 Å². The molecule has 12 heavy (non-hydrogen) atoms. The van der Waals surface area contributed by atoms with Crippen molar-refractivity contribution in [2.45, 2.75) is 6.61 Å². The summed E-state index contributed by atoms with van der Waals surface area (Å²) < 4.78 is 14.9. The van der Waals surface area contributed by atoms with E-state index < -0.39 is 0 Å². The third-order valence-electron chi connectivity index (χ3n) is 1.10. The highest BCUT2D eigenvalue weighted by Crippen LogP contribution is 2.06. The molecule has 0 aliphatic heterocycles. The van der Waals surface area contributed by atoms with Crippen molar-refractivity contribution in [3.63, 3.8) is 0 Å². The zero-order valence-corrected chi connectivity index (χ0v) is 8.20. The molecule has 0 saturated carbocycles. The van der Waals surface area contributed by atoms with Crippen LogP contribution >= 0.6 is 15.9 Å². The molecule has 1 aromatic rings. The fraction of sp³-hybridized carbons (Fsp3) is 0.667. The Balaban J connectivity index is 2.15. The molecule has 0 aromatic carbocycles. The summed E-state index contributed by atoms with van der Waals surface area (Å²) in [5, 5.41) is 7.29. The second-order valence-electron chi connectivity index (χ2n) is 1.99. The summed E-state index contributed by atoms with van der Waals surface area (Å²) in [7, 11) is 1.62. The Morgan fingerprint density at radius 2 is 2.25 bits per heavy atom. The van der Waals surface area contributed by atoms with Crippen LogP contribution < -0.4 is 0 Å². The number of rotatable bonds is 5. The molecule has 1 heterocycles. The van der Waals surface area contributed by atoms with Crippen molar-refractivity contribution in [2.75, 3.05) is 20.3 Å². The summed E-state index contributed by atoms with van der Waals surface area (Å²) in [6, 6.07) is 0. The second-order valence-corrected chi connectivity index (χ2v) is 2.67. The molecule has 0 unspecified atom stereocenters. The fourth-order valence-corrected chi connectivity index (χ4v) is 0.859. The predicted octanol–water partition coefficient (Wildman–Crippen LogP) is 0.995. The first-order chi connectivity index (χ1) is 5.83. The number of nitrogens with zero attached hydrogens (tertiary/aromatic N) is 2. The zero-order chi connectivity index (χ0) is 8.81. The van der Waals surface area contributed by atoms with Crippen LogP contribution in [-0.4, -0.2) is 30.5 Å². The van der Waals surface area contributed by atoms with E-state index in [9.17, 15) is 0 Å². The van der Waals surface area contributed by atoms with Gasteiger partial charge in [0, 0.05) is 23.0 Å². The van der Waals surface area contributed by atoms with Crippen LogP contribution in [0, 0.1) is 0 Å². The monoisotopic (exact) mass is 236 g/mol. The SMILES string of the molecule is COCCOCc1nnc(Br)o1. The maximum absolute atomic E-state index is 5.13. The van der Waals surface area contributed by atoms with Gasteiger partial charge in [0.1, 0.15) is 6.61 Å². The fourth-order valence-electron chi connectivity index (χ4n) is 0.593. The standard InChI is InChI=1S/C6H9BrN2O3/c1-10-2-3-11-4-5-8-9-6(7)12-5/h2-4H2,1H3. The van der Waals surface area contributed by atoms with Gasteiger partial charge >= 0.3 is 0 Å². The van der Waals surface area contributed by atoms with E-state index in [0.29, 0.717) is 30.5 Å². The molecule has 0 saturated heterocycles. The van der Waals surface area contributed by atoms with Gasteiger partial charge in [0.15, 0.2) is 0 Å². The highest BCUT2D eigenvalue weighted by molar-refractivity contribution is 9.10. The second kappa shape index (κ2) is 5.23. The average Bonchev–Trinajstić information content (AvgIpc) is 2.45. The summed E-state index contributed by atoms with van der Waals surface area (Å²) in [5.41, 5.74) is 0. The third-order valence-corrected chi connectivity index (χ3v) is 1.42. The smallest absolute Gasteiger partial charge is 0.284 e. The molecule has 1 aromatic heterocycles. The lowest BCUT2D eigenvalue weighted by molar-refractivity contribution is 0.0514. The Hall–Kier alpha value is -0.460. The normalized spacial score (nSPS) is 10.5. The number of methoxy groups -OCH3 is 1. The summed E-state index contributed by atoms with van der Waals surface area (Å²) >= 11 is 3.03. The zero-order valence-electron chi connectivity index (χ0n) is 6.62. The maximum Gasteiger partial charge on any atom is 0.284 e. The summed E-state index contributed by atoms with van der Waals surface area (Å²) in [4.78, 5) is 0.368. The van der Waals surface area contributed by atoms with Crippen LogP contribution in [0.25, 0.3) is 0 Å². The van der Waals surface area contributed by atoms with Gasteiger partial charge in [-0.2, -0.15) is 0 Å². The molecular formula is C6H9BrN2O3. The van der Waals surface area contributed by atoms with Crippen molar-refractivity contribution >= 4 is 15.9 Å². The summed E-state index contributed by atoms with van der Waals surface area (Å²) in [6.45, 7) is 1.41. The van der Waals surface area contributed by atoms with E-state index in [1.807, 2.05) is 0 Å². The highest BCUT2D eigenvalue weighted by Gasteiger charge is 2.01. The van der Waals surface area contributed by atoms with E-state index in [0.717, 1.165) is 0 Å². The molecule has 0 aliphatic carbocycles. The Morgan fingerprint density at radius 1 is 1.42 bits per heavy atom. The molecule has 6 heteroatoms. The lowest BCUT2D eigenvalue weighted by atomic mass is 10.7. The van der Waals surface area contributed by atoms with Crippen LogP contribution in [-0.2, 0) is 16.1 Å². The molecule has 68 valence electrons. The van der Waals surface area contributed by atoms with E-state index in [1.54, 1.807) is 7.11 Å². The molecule has 0 fully saturated rings. The lowest BCUT2D eigenvalue weighted by Crippen LogP contribution is -2.01. The molecule has 0 spiro atoms. The first kappa shape index (κ1) is 9.63. The van der Waals surface area contributed by atoms with E-state index in [1.165, 1.54) is 0 Å². The van der Waals surface area contributed by atoms with Crippen LogP contribution in [0.3, 0.4) is 0 Å². The molecule has 0 aliphatic rings. The van der Waals surface area contributed by atoms with E-state index in [-0.39, 0.29) is 0 Å². The first-order valence-corrected chi connectivity index (χ1v) is 4.17. The van der Waals surface area contributed by atoms with Crippen molar-refractivity contribution in [3.05, 3.63) is 10.7 Å². The van der Waals surface area contributed by atoms with Crippen LogP contribution in [0.15, 0.2) is 9.22 Å². The minimum Gasteiger partial charge on any atom is -0.413 e. The topological polar surface area (TPSA) is 57.4 Å². The van der Waals surface area contributed by atoms with E-state index >= 15 is 0 Å². The number of hydrogen-bond acceptors (Lipinski definition) is 5. The van der Waals surface area contributed by atoms with Gasteiger partial charge < -0.3 is 13.9 Å². The van der Waals surface area contributed by atoms with Gasteiger partial charge in [-0.3, -0.25) is 0 Å². The highest BCUT2D eigenvalue weighted by atomic mass is 79.9. The quantitative estimate of drug-likeness (QED) is 0.715. The minimum absolute atomic E-state index is 0.321. The van der Waals surface area contributed by atoms with E-state index in [2.05, 4.69) is 26.1 Å². The largest absolute Gasteiger partial charge is 0.413 e. The Bertz CT molecular complexity index is 228. The van der Waals surface area contributed by atoms with Crippen LogP contribution in [0.5, 0.6) is 0 Å². The number of halogens is 1. The van der Waals surface area contributed by atoms with Crippen molar-refractivity contribution in [2.24, 2.45) is 0 Å². The minimum atomic E-state index is 0.321. The van der Waals surface area contributed by atoms with Crippen molar-refractivity contribution in [1.82, 2.24) is 10.2 Å². The van der Waals surface area contributed by atoms with Crippen molar-refractivity contribution < 1.29 is 13.9 Å². The van der Waals surface area contributed by atoms with Crippen LogP contribution in [0.1, 0.15) is 5.89 Å². The third kappa shape index (κ3) is 3.29. The molecule has 0 amide bonds. The molecule has 1 rings (SSSR count). The maximum atomic E-state index is 5.13.